The van der Waals surface area contributed by atoms with Crippen LogP contribution in [0.25, 0.3) is 0 Å². The Morgan fingerprint density at radius 3 is 2.78 bits per heavy atom. The van der Waals surface area contributed by atoms with Crippen LogP contribution in [0.2, 0.25) is 0 Å². The third-order valence-electron chi connectivity index (χ3n) is 5.54. The van der Waals surface area contributed by atoms with Gasteiger partial charge in [0.05, 0.1) is 36.0 Å². The van der Waals surface area contributed by atoms with Crippen LogP contribution in [0.15, 0.2) is 40.7 Å². The molecule has 1 unspecified atom stereocenters. The number of ether oxygens (including phenoxy) is 2. The van der Waals surface area contributed by atoms with Gasteiger partial charge in [-0.3, -0.25) is 0 Å². The molecule has 0 radical (unpaired) electrons. The SMILES string of the molecule is COC(=O)C1=C(C)NC2=C(C(=O)OC2)C1c1cccc(F)c1C1CC(O)C1. The Bertz CT molecular complexity index is 898. The molecule has 6 nitrogen and oxygen atoms in total. The highest BCUT2D eigenvalue weighted by Crippen LogP contribution is 2.47. The topological polar surface area (TPSA) is 84.9 Å². The average Bonchev–Trinajstić information content (AvgIpc) is 2.98. The standard InChI is InChI=1S/C20H20FNO5/c1-9-15(19(24)26-2)17(18-14(22-9)8-27-20(18)25)12-4-3-5-13(21)16(12)10-6-11(23)7-10/h3-5,10-11,17,22-23H,6-8H2,1-2H3. The molecule has 1 atom stereocenters. The molecular weight excluding hydrogens is 353 g/mol. The summed E-state index contributed by atoms with van der Waals surface area (Å²) in [5.74, 6) is -2.45. The lowest BCUT2D eigenvalue weighted by Gasteiger charge is -2.36. The predicted octanol–water partition coefficient (Wildman–Crippen LogP) is 2.01. The summed E-state index contributed by atoms with van der Waals surface area (Å²) in [5, 5.41) is 12.7. The van der Waals surface area contributed by atoms with Crippen LogP contribution < -0.4 is 5.32 Å². The fraction of sp³-hybridized carbons (Fsp3) is 0.400. The van der Waals surface area contributed by atoms with Gasteiger partial charge < -0.3 is 19.9 Å². The van der Waals surface area contributed by atoms with Crippen molar-refractivity contribution >= 4 is 11.9 Å². The summed E-state index contributed by atoms with van der Waals surface area (Å²) in [7, 11) is 1.27. The number of cyclic esters (lactones) is 1. The lowest BCUT2D eigenvalue weighted by molar-refractivity contribution is -0.136. The van der Waals surface area contributed by atoms with Gasteiger partial charge in [-0.2, -0.15) is 0 Å². The number of hydrogen-bond acceptors (Lipinski definition) is 6. The summed E-state index contributed by atoms with van der Waals surface area (Å²) in [6, 6.07) is 4.66. The summed E-state index contributed by atoms with van der Waals surface area (Å²) in [5.41, 5.74) is 2.69. The number of allylic oxidation sites excluding steroid dienone is 1. The number of carbonyl (C=O) groups excluding carboxylic acids is 2. The van der Waals surface area contributed by atoms with Crippen LogP contribution in [0.1, 0.15) is 42.7 Å². The molecule has 4 rings (SSSR count). The normalized spacial score (nSPS) is 27.0. The molecule has 142 valence electrons. The summed E-state index contributed by atoms with van der Waals surface area (Å²) < 4.78 is 24.9. The van der Waals surface area contributed by atoms with Gasteiger partial charge in [-0.15, -0.1) is 0 Å². The number of esters is 2. The highest BCUT2D eigenvalue weighted by molar-refractivity contribution is 6.01. The van der Waals surface area contributed by atoms with Gasteiger partial charge in [-0.25, -0.2) is 14.0 Å². The number of halogens is 1. The van der Waals surface area contributed by atoms with Crippen molar-refractivity contribution in [1.29, 1.82) is 0 Å². The molecule has 0 spiro atoms. The number of rotatable bonds is 3. The van der Waals surface area contributed by atoms with E-state index in [0.29, 0.717) is 40.9 Å². The molecular formula is C20H20FNO5. The van der Waals surface area contributed by atoms with Crippen molar-refractivity contribution in [3.8, 4) is 0 Å². The summed E-state index contributed by atoms with van der Waals surface area (Å²) in [6.45, 7) is 1.81. The van der Waals surface area contributed by atoms with Crippen LogP contribution in [0.3, 0.4) is 0 Å². The van der Waals surface area contributed by atoms with Gasteiger partial charge in [0.15, 0.2) is 0 Å². The first kappa shape index (κ1) is 17.7. The lowest BCUT2D eigenvalue weighted by Crippen LogP contribution is -2.32. The van der Waals surface area contributed by atoms with E-state index in [9.17, 15) is 19.1 Å². The van der Waals surface area contributed by atoms with Crippen molar-refractivity contribution in [1.82, 2.24) is 5.32 Å². The second-order valence-electron chi connectivity index (χ2n) is 7.12. The lowest BCUT2D eigenvalue weighted by atomic mass is 9.71. The van der Waals surface area contributed by atoms with Gasteiger partial charge in [0.1, 0.15) is 12.4 Å². The van der Waals surface area contributed by atoms with E-state index in [0.717, 1.165) is 0 Å². The minimum Gasteiger partial charge on any atom is -0.466 e. The molecule has 2 heterocycles. The highest BCUT2D eigenvalue weighted by atomic mass is 19.1. The summed E-state index contributed by atoms with van der Waals surface area (Å²) in [6.07, 6.45) is 0.441. The van der Waals surface area contributed by atoms with Crippen molar-refractivity contribution in [3.63, 3.8) is 0 Å². The van der Waals surface area contributed by atoms with Crippen molar-refractivity contribution in [3.05, 3.63) is 57.7 Å². The van der Waals surface area contributed by atoms with Gasteiger partial charge in [-0.1, -0.05) is 12.1 Å². The summed E-state index contributed by atoms with van der Waals surface area (Å²) >= 11 is 0. The smallest absolute Gasteiger partial charge is 0.337 e. The Kier molecular flexibility index (Phi) is 4.26. The van der Waals surface area contributed by atoms with E-state index < -0.39 is 29.8 Å². The van der Waals surface area contributed by atoms with E-state index >= 15 is 0 Å². The van der Waals surface area contributed by atoms with Crippen LogP contribution >= 0.6 is 0 Å². The quantitative estimate of drug-likeness (QED) is 0.789. The fourth-order valence-electron chi connectivity index (χ4n) is 4.22. The molecule has 1 aliphatic carbocycles. The van der Waals surface area contributed by atoms with Crippen molar-refractivity contribution in [2.24, 2.45) is 0 Å². The Hall–Kier alpha value is -2.67. The fourth-order valence-corrected chi connectivity index (χ4v) is 4.22. The Morgan fingerprint density at radius 2 is 2.11 bits per heavy atom. The van der Waals surface area contributed by atoms with E-state index in [1.807, 2.05) is 0 Å². The van der Waals surface area contributed by atoms with Crippen LogP contribution in [0.5, 0.6) is 0 Å². The second kappa shape index (κ2) is 6.49. The zero-order valence-electron chi connectivity index (χ0n) is 15.0. The number of nitrogens with one attached hydrogen (secondary N) is 1. The van der Waals surface area contributed by atoms with E-state index in [1.165, 1.54) is 13.2 Å². The zero-order chi connectivity index (χ0) is 19.3. The second-order valence-corrected chi connectivity index (χ2v) is 7.12. The maximum atomic E-state index is 14.8. The monoisotopic (exact) mass is 373 g/mol. The molecule has 27 heavy (non-hydrogen) atoms. The third kappa shape index (κ3) is 2.73. The van der Waals surface area contributed by atoms with E-state index in [-0.39, 0.29) is 18.1 Å². The molecule has 1 aromatic rings. The minimum atomic E-state index is -0.771. The third-order valence-corrected chi connectivity index (χ3v) is 5.54. The largest absolute Gasteiger partial charge is 0.466 e. The molecule has 0 aromatic heterocycles. The Morgan fingerprint density at radius 1 is 1.37 bits per heavy atom. The molecule has 3 aliphatic rings. The van der Waals surface area contributed by atoms with Gasteiger partial charge in [-0.05, 0) is 42.9 Å². The summed E-state index contributed by atoms with van der Waals surface area (Å²) in [4.78, 5) is 25.0. The highest BCUT2D eigenvalue weighted by Gasteiger charge is 2.44. The van der Waals surface area contributed by atoms with Crippen molar-refractivity contribution in [2.75, 3.05) is 13.7 Å². The van der Waals surface area contributed by atoms with Crippen molar-refractivity contribution < 1.29 is 28.6 Å². The van der Waals surface area contributed by atoms with Crippen LogP contribution in [-0.2, 0) is 19.1 Å². The van der Waals surface area contributed by atoms with Crippen LogP contribution in [0.4, 0.5) is 4.39 Å². The van der Waals surface area contributed by atoms with E-state index in [1.54, 1.807) is 19.1 Å². The molecule has 1 fully saturated rings. The first-order valence-electron chi connectivity index (χ1n) is 8.85. The number of carbonyl (C=O) groups is 2. The first-order chi connectivity index (χ1) is 12.9. The number of aliphatic hydroxyl groups is 1. The van der Waals surface area contributed by atoms with Gasteiger partial charge in [0.2, 0.25) is 0 Å². The first-order valence-corrected chi connectivity index (χ1v) is 8.85. The zero-order valence-corrected chi connectivity index (χ0v) is 15.0. The molecule has 0 amide bonds. The molecule has 2 N–H and O–H groups in total. The number of hydrogen-bond donors (Lipinski definition) is 2. The molecule has 7 heteroatoms. The van der Waals surface area contributed by atoms with Gasteiger partial charge in [0, 0.05) is 5.70 Å². The van der Waals surface area contributed by atoms with Crippen LogP contribution in [0, 0.1) is 5.82 Å². The molecule has 0 bridgehead atoms. The van der Waals surface area contributed by atoms with E-state index in [4.69, 9.17) is 9.47 Å². The number of methoxy groups -OCH3 is 1. The molecule has 1 saturated carbocycles. The van der Waals surface area contributed by atoms with Gasteiger partial charge in [0.25, 0.3) is 0 Å². The maximum absolute atomic E-state index is 14.8. The molecule has 1 aromatic carbocycles. The van der Waals surface area contributed by atoms with Gasteiger partial charge >= 0.3 is 11.9 Å². The molecule has 2 aliphatic heterocycles. The number of aliphatic hydroxyl groups excluding tert-OH is 1. The average molecular weight is 373 g/mol. The van der Waals surface area contributed by atoms with E-state index in [2.05, 4.69) is 5.32 Å². The maximum Gasteiger partial charge on any atom is 0.337 e. The Balaban J connectivity index is 1.91. The molecule has 0 saturated heterocycles. The Labute approximate surface area is 155 Å². The predicted molar refractivity (Wildman–Crippen MR) is 93.0 cm³/mol. The van der Waals surface area contributed by atoms with Crippen molar-refractivity contribution in [2.45, 2.75) is 37.7 Å². The van der Waals surface area contributed by atoms with Crippen LogP contribution in [-0.4, -0.2) is 36.9 Å². The number of dihydropyridines is 1. The number of benzene rings is 1. The minimum absolute atomic E-state index is 0.0866.